The van der Waals surface area contributed by atoms with Crippen LogP contribution in [0, 0.1) is 0 Å². The Morgan fingerprint density at radius 3 is 2.92 bits per heavy atom. The summed E-state index contributed by atoms with van der Waals surface area (Å²) in [5, 5.41) is 6.61. The fourth-order valence-corrected chi connectivity index (χ4v) is 2.82. The Hall–Kier alpha value is -2.34. The van der Waals surface area contributed by atoms with Crippen molar-refractivity contribution in [1.82, 2.24) is 15.6 Å². The SMILES string of the molecule is CCNC(=NCc1coc(-c2ccccc2)n1)NCCC1CCCO1. The van der Waals surface area contributed by atoms with Gasteiger partial charge in [-0.25, -0.2) is 9.98 Å². The monoisotopic (exact) mass is 342 g/mol. The molecule has 1 unspecified atom stereocenters. The second-order valence-corrected chi connectivity index (χ2v) is 6.06. The van der Waals surface area contributed by atoms with Crippen LogP contribution in [0.1, 0.15) is 31.9 Å². The van der Waals surface area contributed by atoms with Gasteiger partial charge in [0.15, 0.2) is 5.96 Å². The summed E-state index contributed by atoms with van der Waals surface area (Å²) in [4.78, 5) is 9.09. The van der Waals surface area contributed by atoms with Crippen molar-refractivity contribution >= 4 is 5.96 Å². The third kappa shape index (κ3) is 5.32. The highest BCUT2D eigenvalue weighted by molar-refractivity contribution is 5.79. The molecular weight excluding hydrogens is 316 g/mol. The molecule has 1 aromatic heterocycles. The maximum atomic E-state index is 5.65. The Morgan fingerprint density at radius 1 is 1.28 bits per heavy atom. The molecule has 134 valence electrons. The molecule has 6 nitrogen and oxygen atoms in total. The van der Waals surface area contributed by atoms with Crippen LogP contribution in [0.5, 0.6) is 0 Å². The molecule has 1 aliphatic rings. The van der Waals surface area contributed by atoms with Gasteiger partial charge >= 0.3 is 0 Å². The number of nitrogens with zero attached hydrogens (tertiary/aromatic N) is 2. The maximum absolute atomic E-state index is 5.65. The number of guanidine groups is 1. The highest BCUT2D eigenvalue weighted by Crippen LogP contribution is 2.18. The van der Waals surface area contributed by atoms with Gasteiger partial charge < -0.3 is 19.8 Å². The minimum atomic E-state index is 0.388. The van der Waals surface area contributed by atoms with E-state index in [4.69, 9.17) is 9.15 Å². The van der Waals surface area contributed by atoms with Crippen LogP contribution in [0.25, 0.3) is 11.5 Å². The Labute approximate surface area is 148 Å². The molecule has 2 aromatic rings. The first-order valence-electron chi connectivity index (χ1n) is 8.98. The Bertz CT molecular complexity index is 663. The average Bonchev–Trinajstić information content (AvgIpc) is 3.32. The molecule has 2 heterocycles. The molecule has 2 N–H and O–H groups in total. The first-order chi connectivity index (χ1) is 12.3. The third-order valence-electron chi connectivity index (χ3n) is 4.10. The van der Waals surface area contributed by atoms with Crippen molar-refractivity contribution in [3.63, 3.8) is 0 Å². The van der Waals surface area contributed by atoms with Crippen molar-refractivity contribution in [2.24, 2.45) is 4.99 Å². The van der Waals surface area contributed by atoms with Crippen LogP contribution in [0.4, 0.5) is 0 Å². The number of rotatable bonds is 7. The number of nitrogens with one attached hydrogen (secondary N) is 2. The van der Waals surface area contributed by atoms with Crippen LogP contribution in [-0.2, 0) is 11.3 Å². The fraction of sp³-hybridized carbons (Fsp3) is 0.474. The topological polar surface area (TPSA) is 71.7 Å². The lowest BCUT2D eigenvalue weighted by atomic mass is 10.2. The minimum Gasteiger partial charge on any atom is -0.444 e. The van der Waals surface area contributed by atoms with Crippen molar-refractivity contribution in [3.05, 3.63) is 42.3 Å². The third-order valence-corrected chi connectivity index (χ3v) is 4.10. The van der Waals surface area contributed by atoms with E-state index in [0.717, 1.165) is 49.8 Å². The predicted octanol–water partition coefficient (Wildman–Crippen LogP) is 2.97. The van der Waals surface area contributed by atoms with Crippen molar-refractivity contribution < 1.29 is 9.15 Å². The Kier molecular flexibility index (Phi) is 6.45. The van der Waals surface area contributed by atoms with Crippen LogP contribution >= 0.6 is 0 Å². The molecule has 0 spiro atoms. The van der Waals surface area contributed by atoms with Gasteiger partial charge in [0.2, 0.25) is 5.89 Å². The van der Waals surface area contributed by atoms with Crippen LogP contribution in [0.3, 0.4) is 0 Å². The fourth-order valence-electron chi connectivity index (χ4n) is 2.82. The molecule has 0 bridgehead atoms. The average molecular weight is 342 g/mol. The van der Waals surface area contributed by atoms with Crippen LogP contribution < -0.4 is 10.6 Å². The molecule has 1 aromatic carbocycles. The lowest BCUT2D eigenvalue weighted by molar-refractivity contribution is 0.105. The number of aromatic nitrogens is 1. The standard InChI is InChI=1S/C19H26N4O2/c1-2-20-19(21-11-10-17-9-6-12-24-17)22-13-16-14-25-18(23-16)15-7-4-3-5-8-15/h3-5,7-8,14,17H,2,6,9-13H2,1H3,(H2,20,21,22). The summed E-state index contributed by atoms with van der Waals surface area (Å²) in [5.41, 5.74) is 1.79. The zero-order valence-corrected chi connectivity index (χ0v) is 14.7. The first kappa shape index (κ1) is 17.5. The van der Waals surface area contributed by atoms with Gasteiger partial charge in [0, 0.05) is 25.3 Å². The van der Waals surface area contributed by atoms with Gasteiger partial charge in [0.05, 0.1) is 12.6 Å². The zero-order valence-electron chi connectivity index (χ0n) is 14.7. The molecular formula is C19H26N4O2. The van der Waals surface area contributed by atoms with Crippen LogP contribution in [0.15, 0.2) is 46.0 Å². The van der Waals surface area contributed by atoms with E-state index in [-0.39, 0.29) is 0 Å². The number of ether oxygens (including phenoxy) is 1. The lowest BCUT2D eigenvalue weighted by Crippen LogP contribution is -2.38. The molecule has 6 heteroatoms. The number of benzene rings is 1. The van der Waals surface area contributed by atoms with E-state index in [9.17, 15) is 0 Å². The number of hydrogen-bond acceptors (Lipinski definition) is 4. The van der Waals surface area contributed by atoms with Gasteiger partial charge in [-0.1, -0.05) is 18.2 Å². The smallest absolute Gasteiger partial charge is 0.226 e. The van der Waals surface area contributed by atoms with Gasteiger partial charge in [-0.15, -0.1) is 0 Å². The van der Waals surface area contributed by atoms with E-state index in [1.54, 1.807) is 6.26 Å². The molecule has 1 aliphatic heterocycles. The molecule has 0 saturated carbocycles. The summed E-state index contributed by atoms with van der Waals surface area (Å²) in [6.07, 6.45) is 5.40. The number of oxazole rings is 1. The molecule has 1 fully saturated rings. The van der Waals surface area contributed by atoms with Gasteiger partial charge in [0.25, 0.3) is 0 Å². The summed E-state index contributed by atoms with van der Waals surface area (Å²) in [6.45, 7) is 5.10. The van der Waals surface area contributed by atoms with Crippen molar-refractivity contribution in [2.75, 3.05) is 19.7 Å². The van der Waals surface area contributed by atoms with Gasteiger partial charge in [0.1, 0.15) is 12.0 Å². The summed E-state index contributed by atoms with van der Waals surface area (Å²) in [5.74, 6) is 1.42. The molecule has 0 amide bonds. The molecule has 0 aliphatic carbocycles. The zero-order chi connectivity index (χ0) is 17.3. The summed E-state index contributed by atoms with van der Waals surface area (Å²) in [7, 11) is 0. The summed E-state index contributed by atoms with van der Waals surface area (Å²) >= 11 is 0. The number of aliphatic imine (C=N–C) groups is 1. The molecule has 0 radical (unpaired) electrons. The largest absolute Gasteiger partial charge is 0.444 e. The van der Waals surface area contributed by atoms with E-state index in [0.29, 0.717) is 18.5 Å². The predicted molar refractivity (Wildman–Crippen MR) is 98.3 cm³/mol. The van der Waals surface area contributed by atoms with E-state index in [1.165, 1.54) is 6.42 Å². The Morgan fingerprint density at radius 2 is 2.16 bits per heavy atom. The maximum Gasteiger partial charge on any atom is 0.226 e. The molecule has 3 rings (SSSR count). The van der Waals surface area contributed by atoms with Crippen molar-refractivity contribution in [2.45, 2.75) is 38.8 Å². The van der Waals surface area contributed by atoms with Crippen molar-refractivity contribution in [3.8, 4) is 11.5 Å². The van der Waals surface area contributed by atoms with Gasteiger partial charge in [-0.05, 0) is 38.3 Å². The van der Waals surface area contributed by atoms with E-state index < -0.39 is 0 Å². The van der Waals surface area contributed by atoms with Crippen molar-refractivity contribution in [1.29, 1.82) is 0 Å². The minimum absolute atomic E-state index is 0.388. The van der Waals surface area contributed by atoms with E-state index in [2.05, 4.69) is 27.5 Å². The highest BCUT2D eigenvalue weighted by atomic mass is 16.5. The normalized spacial score (nSPS) is 17.6. The molecule has 25 heavy (non-hydrogen) atoms. The van der Waals surface area contributed by atoms with Gasteiger partial charge in [-0.2, -0.15) is 0 Å². The highest BCUT2D eigenvalue weighted by Gasteiger charge is 2.14. The van der Waals surface area contributed by atoms with E-state index >= 15 is 0 Å². The second kappa shape index (κ2) is 9.22. The van der Waals surface area contributed by atoms with E-state index in [1.807, 2.05) is 30.3 Å². The van der Waals surface area contributed by atoms with Crippen LogP contribution in [0.2, 0.25) is 0 Å². The second-order valence-electron chi connectivity index (χ2n) is 6.06. The molecule has 1 atom stereocenters. The summed E-state index contributed by atoms with van der Waals surface area (Å²) in [6, 6.07) is 9.88. The lowest BCUT2D eigenvalue weighted by Gasteiger charge is -2.13. The summed E-state index contributed by atoms with van der Waals surface area (Å²) < 4.78 is 11.2. The van der Waals surface area contributed by atoms with Gasteiger partial charge in [-0.3, -0.25) is 0 Å². The number of hydrogen-bond donors (Lipinski definition) is 2. The Balaban J connectivity index is 1.53. The first-order valence-corrected chi connectivity index (χ1v) is 8.98. The van der Waals surface area contributed by atoms with Crippen LogP contribution in [-0.4, -0.2) is 36.7 Å². The quantitative estimate of drug-likeness (QED) is 0.598. The molecule has 1 saturated heterocycles.